The van der Waals surface area contributed by atoms with Gasteiger partial charge in [-0.1, -0.05) is 36.4 Å². The van der Waals surface area contributed by atoms with Gasteiger partial charge in [0, 0.05) is 31.5 Å². The van der Waals surface area contributed by atoms with Gasteiger partial charge in [-0.2, -0.15) is 0 Å². The van der Waals surface area contributed by atoms with Gasteiger partial charge in [0.05, 0.1) is 30.6 Å². The summed E-state index contributed by atoms with van der Waals surface area (Å²) in [6.45, 7) is 3.09. The van der Waals surface area contributed by atoms with E-state index in [2.05, 4.69) is 4.90 Å². The minimum Gasteiger partial charge on any atom is -0.464 e. The fourth-order valence-electron chi connectivity index (χ4n) is 6.46. The molecule has 200 valence electrons. The highest BCUT2D eigenvalue weighted by Gasteiger charge is 2.70. The van der Waals surface area contributed by atoms with E-state index in [4.69, 9.17) is 23.7 Å². The highest BCUT2D eigenvalue weighted by molar-refractivity contribution is 6.04. The van der Waals surface area contributed by atoms with Crippen LogP contribution in [0.3, 0.4) is 0 Å². The van der Waals surface area contributed by atoms with E-state index in [0.717, 1.165) is 23.9 Å². The number of rotatable bonds is 8. The van der Waals surface area contributed by atoms with E-state index < -0.39 is 54.5 Å². The number of benzene rings is 2. The van der Waals surface area contributed by atoms with Crippen molar-refractivity contribution in [3.63, 3.8) is 0 Å². The number of fused-ring (bicyclic) bond motifs is 2. The second kappa shape index (κ2) is 10.3. The van der Waals surface area contributed by atoms with Crippen LogP contribution in [-0.4, -0.2) is 87.0 Å². The summed E-state index contributed by atoms with van der Waals surface area (Å²) in [7, 11) is 0. The zero-order valence-corrected chi connectivity index (χ0v) is 20.8. The van der Waals surface area contributed by atoms with Gasteiger partial charge in [-0.15, -0.1) is 0 Å². The van der Waals surface area contributed by atoms with Crippen molar-refractivity contribution in [3.05, 3.63) is 48.0 Å². The number of carbonyl (C=O) groups is 4. The molecule has 10 nitrogen and oxygen atoms in total. The van der Waals surface area contributed by atoms with Crippen molar-refractivity contribution in [2.75, 3.05) is 46.1 Å². The largest absolute Gasteiger partial charge is 0.464 e. The highest BCUT2D eigenvalue weighted by Crippen LogP contribution is 2.59. The van der Waals surface area contributed by atoms with Gasteiger partial charge in [0.1, 0.15) is 18.8 Å². The lowest BCUT2D eigenvalue weighted by molar-refractivity contribution is -0.168. The van der Waals surface area contributed by atoms with Crippen molar-refractivity contribution in [1.82, 2.24) is 4.90 Å². The van der Waals surface area contributed by atoms with E-state index in [-0.39, 0.29) is 18.4 Å². The molecule has 10 heteroatoms. The van der Waals surface area contributed by atoms with E-state index in [1.54, 1.807) is 12.1 Å². The summed E-state index contributed by atoms with van der Waals surface area (Å²) in [6, 6.07) is 12.7. The molecule has 2 heterocycles. The minimum absolute atomic E-state index is 0.194. The molecule has 6 rings (SSSR count). The van der Waals surface area contributed by atoms with E-state index in [1.807, 2.05) is 30.3 Å². The number of nitrogens with zero attached hydrogens (tertiary/aromatic N) is 1. The molecule has 0 N–H and O–H groups in total. The SMILES string of the molecule is O=C(COC(=O)c1cccc2ccccc12)OC1C2CC3C1OC(=O)C3C2C(=O)OCCN1CCOCC1. The standard InChI is InChI=1S/C28H29NO9/c30-21(15-36-26(31)18-7-3-5-16-4-1-2-6-17(16)18)37-24-19-14-20-23(28(33)38-25(20)24)22(19)27(32)35-13-10-29-8-11-34-12-9-29/h1-7,19-20,22-25H,8-15H2. The Morgan fingerprint density at radius 3 is 2.61 bits per heavy atom. The lowest BCUT2D eigenvalue weighted by Gasteiger charge is -2.30. The Bertz CT molecular complexity index is 1250. The molecule has 0 radical (unpaired) electrons. The topological polar surface area (TPSA) is 118 Å². The zero-order valence-electron chi connectivity index (χ0n) is 20.8. The Labute approximate surface area is 219 Å². The van der Waals surface area contributed by atoms with Gasteiger partial charge in [-0.3, -0.25) is 14.5 Å². The molecule has 2 aliphatic carbocycles. The third-order valence-corrected chi connectivity index (χ3v) is 8.17. The maximum atomic E-state index is 13.0. The van der Waals surface area contributed by atoms with Gasteiger partial charge < -0.3 is 23.7 Å². The van der Waals surface area contributed by atoms with Crippen LogP contribution in [-0.2, 0) is 38.1 Å². The van der Waals surface area contributed by atoms with Crippen LogP contribution in [0.1, 0.15) is 16.8 Å². The van der Waals surface area contributed by atoms with Crippen molar-refractivity contribution >= 4 is 34.6 Å². The molecule has 6 unspecified atom stereocenters. The molecular weight excluding hydrogens is 494 g/mol. The molecule has 0 spiro atoms. The molecule has 2 saturated heterocycles. The van der Waals surface area contributed by atoms with Gasteiger partial charge >= 0.3 is 23.9 Å². The Morgan fingerprint density at radius 2 is 1.76 bits per heavy atom. The number of hydrogen-bond acceptors (Lipinski definition) is 10. The molecule has 2 aliphatic heterocycles. The van der Waals surface area contributed by atoms with Crippen molar-refractivity contribution < 1.29 is 42.9 Å². The molecule has 4 aliphatic rings. The molecule has 0 amide bonds. The number of ether oxygens (including phenoxy) is 5. The fraction of sp³-hybridized carbons (Fsp3) is 0.500. The van der Waals surface area contributed by atoms with Crippen molar-refractivity contribution in [2.24, 2.45) is 23.7 Å². The van der Waals surface area contributed by atoms with Crippen LogP contribution in [0, 0.1) is 23.7 Å². The van der Waals surface area contributed by atoms with Gasteiger partial charge in [0.15, 0.2) is 6.61 Å². The second-order valence-electron chi connectivity index (χ2n) is 10.2. The van der Waals surface area contributed by atoms with Gasteiger partial charge in [0.2, 0.25) is 0 Å². The van der Waals surface area contributed by atoms with Crippen LogP contribution in [0.4, 0.5) is 0 Å². The molecule has 2 aromatic carbocycles. The summed E-state index contributed by atoms with van der Waals surface area (Å²) in [5, 5.41) is 1.60. The molecule has 6 atom stereocenters. The third kappa shape index (κ3) is 4.52. The van der Waals surface area contributed by atoms with Crippen LogP contribution in [0.15, 0.2) is 42.5 Å². The summed E-state index contributed by atoms with van der Waals surface area (Å²) in [5.74, 6) is -4.16. The summed E-state index contributed by atoms with van der Waals surface area (Å²) in [6.07, 6.45) is -0.825. The van der Waals surface area contributed by atoms with E-state index >= 15 is 0 Å². The van der Waals surface area contributed by atoms with Crippen LogP contribution in [0.25, 0.3) is 10.8 Å². The van der Waals surface area contributed by atoms with E-state index in [1.165, 1.54) is 0 Å². The number of esters is 4. The smallest absolute Gasteiger partial charge is 0.344 e. The first-order valence-corrected chi connectivity index (χ1v) is 13.0. The Kier molecular flexibility index (Phi) is 6.75. The normalized spacial score (nSPS) is 29.7. The molecular formula is C28H29NO9. The van der Waals surface area contributed by atoms with Crippen LogP contribution >= 0.6 is 0 Å². The lowest BCUT2D eigenvalue weighted by Crippen LogP contribution is -2.44. The van der Waals surface area contributed by atoms with Crippen LogP contribution < -0.4 is 0 Å². The summed E-state index contributed by atoms with van der Waals surface area (Å²) >= 11 is 0. The predicted octanol–water partition coefficient (Wildman–Crippen LogP) is 1.59. The number of hydrogen-bond donors (Lipinski definition) is 0. The first-order chi connectivity index (χ1) is 18.5. The van der Waals surface area contributed by atoms with Crippen molar-refractivity contribution in [2.45, 2.75) is 18.6 Å². The predicted molar refractivity (Wildman–Crippen MR) is 131 cm³/mol. The average molecular weight is 524 g/mol. The lowest BCUT2D eigenvalue weighted by atomic mass is 9.78. The molecule has 2 bridgehead atoms. The maximum absolute atomic E-state index is 13.0. The van der Waals surface area contributed by atoms with Crippen LogP contribution in [0.5, 0.6) is 0 Å². The minimum atomic E-state index is -0.775. The first-order valence-electron chi connectivity index (χ1n) is 13.0. The molecule has 0 aromatic heterocycles. The zero-order chi connectivity index (χ0) is 26.2. The third-order valence-electron chi connectivity index (χ3n) is 8.17. The quantitative estimate of drug-likeness (QED) is 0.373. The van der Waals surface area contributed by atoms with E-state index in [9.17, 15) is 19.2 Å². The second-order valence-corrected chi connectivity index (χ2v) is 10.2. The van der Waals surface area contributed by atoms with Crippen molar-refractivity contribution in [1.29, 1.82) is 0 Å². The Balaban J connectivity index is 1.06. The summed E-state index contributed by atoms with van der Waals surface area (Å²) in [5.41, 5.74) is 0.350. The molecule has 2 aromatic rings. The van der Waals surface area contributed by atoms with Gasteiger partial charge in [0.25, 0.3) is 0 Å². The monoisotopic (exact) mass is 523 g/mol. The Hall–Kier alpha value is -3.50. The number of carbonyl (C=O) groups excluding carboxylic acids is 4. The van der Waals surface area contributed by atoms with Crippen molar-refractivity contribution in [3.8, 4) is 0 Å². The molecule has 38 heavy (non-hydrogen) atoms. The fourth-order valence-corrected chi connectivity index (χ4v) is 6.46. The maximum Gasteiger partial charge on any atom is 0.344 e. The molecule has 2 saturated carbocycles. The van der Waals surface area contributed by atoms with Crippen LogP contribution in [0.2, 0.25) is 0 Å². The molecule has 4 fully saturated rings. The first kappa shape index (κ1) is 24.8. The Morgan fingerprint density at radius 1 is 0.974 bits per heavy atom. The van der Waals surface area contributed by atoms with Gasteiger partial charge in [-0.25, -0.2) is 9.59 Å². The summed E-state index contributed by atoms with van der Waals surface area (Å²) in [4.78, 5) is 53.1. The average Bonchev–Trinajstić information content (AvgIpc) is 3.56. The highest BCUT2D eigenvalue weighted by atomic mass is 16.6. The summed E-state index contributed by atoms with van der Waals surface area (Å²) < 4.78 is 27.3. The van der Waals surface area contributed by atoms with Gasteiger partial charge in [-0.05, 0) is 23.3 Å². The van der Waals surface area contributed by atoms with E-state index in [0.29, 0.717) is 31.7 Å². The number of morpholine rings is 1.